The van der Waals surface area contributed by atoms with Gasteiger partial charge in [-0.15, -0.1) is 0 Å². The van der Waals surface area contributed by atoms with Crippen LogP contribution in [0.5, 0.6) is 0 Å². The standard InChI is InChI=1S/C16H26N2O2/c1-5-8-14-12(7-3)9-13(16(20)18-14)15(19)17-10-11(4)6-2/h9,11H,5-8,10H2,1-4H3,(H,17,19)(H,18,20)/t11-/m1/s1. The van der Waals surface area contributed by atoms with Gasteiger partial charge in [0.1, 0.15) is 5.56 Å². The highest BCUT2D eigenvalue weighted by Crippen LogP contribution is 2.09. The number of carbonyl (C=O) groups excluding carboxylic acids is 1. The summed E-state index contributed by atoms with van der Waals surface area (Å²) in [5.74, 6) is 0.146. The van der Waals surface area contributed by atoms with Crippen molar-refractivity contribution < 1.29 is 4.79 Å². The van der Waals surface area contributed by atoms with E-state index in [1.807, 2.05) is 6.92 Å². The molecule has 1 heterocycles. The molecule has 0 spiro atoms. The molecule has 0 fully saturated rings. The monoisotopic (exact) mass is 278 g/mol. The van der Waals surface area contributed by atoms with E-state index in [1.165, 1.54) is 0 Å². The lowest BCUT2D eigenvalue weighted by molar-refractivity contribution is 0.0946. The molecule has 1 atom stereocenters. The Morgan fingerprint density at radius 3 is 2.60 bits per heavy atom. The number of pyridine rings is 1. The molecule has 2 N–H and O–H groups in total. The first kappa shape index (κ1) is 16.5. The van der Waals surface area contributed by atoms with Crippen molar-refractivity contribution >= 4 is 5.91 Å². The summed E-state index contributed by atoms with van der Waals surface area (Å²) in [6.07, 6.45) is 3.64. The Hall–Kier alpha value is -1.58. The largest absolute Gasteiger partial charge is 0.352 e. The zero-order chi connectivity index (χ0) is 15.1. The maximum Gasteiger partial charge on any atom is 0.261 e. The fraction of sp³-hybridized carbons (Fsp3) is 0.625. The van der Waals surface area contributed by atoms with Crippen molar-refractivity contribution in [3.05, 3.63) is 33.2 Å². The van der Waals surface area contributed by atoms with Gasteiger partial charge in [-0.1, -0.05) is 40.5 Å². The highest BCUT2D eigenvalue weighted by atomic mass is 16.2. The van der Waals surface area contributed by atoms with Gasteiger partial charge in [0, 0.05) is 12.2 Å². The molecule has 1 rings (SSSR count). The summed E-state index contributed by atoms with van der Waals surface area (Å²) < 4.78 is 0. The summed E-state index contributed by atoms with van der Waals surface area (Å²) in [5, 5.41) is 2.83. The lowest BCUT2D eigenvalue weighted by Gasteiger charge is -2.12. The summed E-state index contributed by atoms with van der Waals surface area (Å²) in [7, 11) is 0. The van der Waals surface area contributed by atoms with Crippen molar-refractivity contribution in [3.8, 4) is 0 Å². The summed E-state index contributed by atoms with van der Waals surface area (Å²) in [4.78, 5) is 27.0. The summed E-state index contributed by atoms with van der Waals surface area (Å²) >= 11 is 0. The second kappa shape index (κ2) is 7.88. The minimum atomic E-state index is -0.285. The van der Waals surface area contributed by atoms with Gasteiger partial charge >= 0.3 is 0 Å². The molecule has 0 unspecified atom stereocenters. The van der Waals surface area contributed by atoms with Crippen LogP contribution in [-0.2, 0) is 12.8 Å². The predicted molar refractivity (Wildman–Crippen MR) is 82.2 cm³/mol. The smallest absolute Gasteiger partial charge is 0.261 e. The van der Waals surface area contributed by atoms with Gasteiger partial charge in [-0.05, 0) is 30.4 Å². The molecule has 0 aliphatic rings. The van der Waals surface area contributed by atoms with Gasteiger partial charge in [0.15, 0.2) is 0 Å². The first-order valence-corrected chi connectivity index (χ1v) is 7.56. The maximum atomic E-state index is 12.1. The number of nitrogens with one attached hydrogen (secondary N) is 2. The molecule has 0 saturated heterocycles. The number of H-pyrrole nitrogens is 1. The van der Waals surface area contributed by atoms with E-state index < -0.39 is 0 Å². The van der Waals surface area contributed by atoms with E-state index in [0.717, 1.165) is 36.9 Å². The van der Waals surface area contributed by atoms with Crippen molar-refractivity contribution in [1.82, 2.24) is 10.3 Å². The van der Waals surface area contributed by atoms with Gasteiger partial charge in [0.05, 0.1) is 0 Å². The van der Waals surface area contributed by atoms with Crippen molar-refractivity contribution in [1.29, 1.82) is 0 Å². The van der Waals surface area contributed by atoms with Crippen LogP contribution in [-0.4, -0.2) is 17.4 Å². The van der Waals surface area contributed by atoms with Gasteiger partial charge in [-0.25, -0.2) is 0 Å². The van der Waals surface area contributed by atoms with Crippen molar-refractivity contribution in [3.63, 3.8) is 0 Å². The molecule has 1 aromatic heterocycles. The molecule has 0 aromatic carbocycles. The Morgan fingerprint density at radius 1 is 1.35 bits per heavy atom. The van der Waals surface area contributed by atoms with E-state index in [9.17, 15) is 9.59 Å². The highest BCUT2D eigenvalue weighted by Gasteiger charge is 2.14. The minimum Gasteiger partial charge on any atom is -0.352 e. The third kappa shape index (κ3) is 4.22. The van der Waals surface area contributed by atoms with E-state index in [-0.39, 0.29) is 17.0 Å². The van der Waals surface area contributed by atoms with Gasteiger partial charge in [0.2, 0.25) is 0 Å². The van der Waals surface area contributed by atoms with Crippen LogP contribution in [0, 0.1) is 5.92 Å². The minimum absolute atomic E-state index is 0.227. The average Bonchev–Trinajstić information content (AvgIpc) is 2.45. The predicted octanol–water partition coefficient (Wildman–Crippen LogP) is 2.67. The SMILES string of the molecule is CCCc1[nH]c(=O)c(C(=O)NC[C@H](C)CC)cc1CC. The van der Waals surface area contributed by atoms with E-state index in [1.54, 1.807) is 6.07 Å². The number of hydrogen-bond donors (Lipinski definition) is 2. The second-order valence-corrected chi connectivity index (χ2v) is 5.34. The Balaban J connectivity index is 2.95. The zero-order valence-corrected chi connectivity index (χ0v) is 13.0. The first-order valence-electron chi connectivity index (χ1n) is 7.56. The van der Waals surface area contributed by atoms with E-state index >= 15 is 0 Å². The number of aryl methyl sites for hydroxylation is 2. The zero-order valence-electron chi connectivity index (χ0n) is 13.0. The van der Waals surface area contributed by atoms with Gasteiger partial charge in [0.25, 0.3) is 11.5 Å². The Morgan fingerprint density at radius 2 is 2.05 bits per heavy atom. The number of hydrogen-bond acceptors (Lipinski definition) is 2. The Kier molecular flexibility index (Phi) is 6.49. The quantitative estimate of drug-likeness (QED) is 0.805. The van der Waals surface area contributed by atoms with Crippen LogP contribution in [0.3, 0.4) is 0 Å². The first-order chi connectivity index (χ1) is 9.53. The van der Waals surface area contributed by atoms with Gasteiger partial charge < -0.3 is 10.3 Å². The summed E-state index contributed by atoms with van der Waals surface area (Å²) in [5.41, 5.74) is 1.95. The molecular weight excluding hydrogens is 252 g/mol. The molecule has 4 heteroatoms. The van der Waals surface area contributed by atoms with E-state index in [4.69, 9.17) is 0 Å². The second-order valence-electron chi connectivity index (χ2n) is 5.34. The molecule has 0 aliphatic carbocycles. The van der Waals surface area contributed by atoms with Crippen molar-refractivity contribution in [2.75, 3.05) is 6.54 Å². The highest BCUT2D eigenvalue weighted by molar-refractivity contribution is 5.94. The van der Waals surface area contributed by atoms with Crippen LogP contribution in [0.4, 0.5) is 0 Å². The molecule has 4 nitrogen and oxygen atoms in total. The molecule has 0 saturated carbocycles. The molecular formula is C16H26N2O2. The average molecular weight is 278 g/mol. The number of aromatic amines is 1. The van der Waals surface area contributed by atoms with Crippen LogP contribution in [0.15, 0.2) is 10.9 Å². The molecule has 0 radical (unpaired) electrons. The fourth-order valence-electron chi connectivity index (χ4n) is 2.08. The summed E-state index contributed by atoms with van der Waals surface area (Å²) in [6, 6.07) is 1.75. The van der Waals surface area contributed by atoms with Crippen LogP contribution in [0.1, 0.15) is 62.2 Å². The normalized spacial score (nSPS) is 12.2. The van der Waals surface area contributed by atoms with Crippen molar-refractivity contribution in [2.45, 2.75) is 53.4 Å². The fourth-order valence-corrected chi connectivity index (χ4v) is 2.08. The molecule has 0 aliphatic heterocycles. The number of amides is 1. The number of carbonyl (C=O) groups is 1. The Labute approximate surface area is 121 Å². The molecule has 112 valence electrons. The molecule has 0 bridgehead atoms. The number of aromatic nitrogens is 1. The lowest BCUT2D eigenvalue weighted by Crippen LogP contribution is -2.33. The molecule has 1 amide bonds. The molecule has 1 aromatic rings. The number of rotatable bonds is 7. The van der Waals surface area contributed by atoms with Crippen molar-refractivity contribution in [2.24, 2.45) is 5.92 Å². The van der Waals surface area contributed by atoms with E-state index in [2.05, 4.69) is 31.1 Å². The Bertz CT molecular complexity index is 506. The summed E-state index contributed by atoms with van der Waals surface area (Å²) in [6.45, 7) is 8.87. The van der Waals surface area contributed by atoms with Crippen LogP contribution in [0.2, 0.25) is 0 Å². The lowest BCUT2D eigenvalue weighted by atomic mass is 10.0. The molecule has 20 heavy (non-hydrogen) atoms. The third-order valence-electron chi connectivity index (χ3n) is 3.65. The van der Waals surface area contributed by atoms with Gasteiger partial charge in [-0.2, -0.15) is 0 Å². The van der Waals surface area contributed by atoms with Crippen LogP contribution < -0.4 is 10.9 Å². The van der Waals surface area contributed by atoms with E-state index in [0.29, 0.717) is 12.5 Å². The van der Waals surface area contributed by atoms with Crippen LogP contribution >= 0.6 is 0 Å². The topological polar surface area (TPSA) is 62.0 Å². The van der Waals surface area contributed by atoms with Gasteiger partial charge in [-0.3, -0.25) is 9.59 Å². The third-order valence-corrected chi connectivity index (χ3v) is 3.65. The maximum absolute atomic E-state index is 12.1. The van der Waals surface area contributed by atoms with Crippen LogP contribution in [0.25, 0.3) is 0 Å².